The number of halogens is 4. The number of rotatable bonds is 5. The van der Waals surface area contributed by atoms with Crippen molar-refractivity contribution in [2.75, 3.05) is 18.4 Å². The van der Waals surface area contributed by atoms with Crippen LogP contribution >= 0.6 is 11.3 Å². The number of hydrogen-bond acceptors (Lipinski definition) is 7. The van der Waals surface area contributed by atoms with Gasteiger partial charge in [0.1, 0.15) is 12.2 Å². The van der Waals surface area contributed by atoms with E-state index in [0.717, 1.165) is 24.2 Å². The van der Waals surface area contributed by atoms with Gasteiger partial charge in [0.2, 0.25) is 17.6 Å². The van der Waals surface area contributed by atoms with E-state index in [4.69, 9.17) is 4.52 Å². The van der Waals surface area contributed by atoms with Gasteiger partial charge in [-0.15, -0.1) is 11.3 Å². The highest BCUT2D eigenvalue weighted by atomic mass is 32.1. The lowest BCUT2D eigenvalue weighted by atomic mass is 10.0. The molecule has 3 fully saturated rings. The van der Waals surface area contributed by atoms with Gasteiger partial charge in [0.25, 0.3) is 0 Å². The molecule has 35 heavy (non-hydrogen) atoms. The minimum Gasteiger partial charge on any atom is -0.378 e. The number of amides is 1. The molecule has 12 heteroatoms. The Balaban J connectivity index is 1.38. The van der Waals surface area contributed by atoms with E-state index in [1.807, 2.05) is 0 Å². The third kappa shape index (κ3) is 4.16. The van der Waals surface area contributed by atoms with E-state index in [2.05, 4.69) is 26.1 Å². The molecular weight excluding hydrogens is 486 g/mol. The number of anilines is 1. The summed E-state index contributed by atoms with van der Waals surface area (Å²) in [4.78, 5) is 16.9. The van der Waals surface area contributed by atoms with Crippen LogP contribution in [0.3, 0.4) is 0 Å². The topological polar surface area (TPSA) is 92.1 Å². The van der Waals surface area contributed by atoms with Crippen LogP contribution in [0.25, 0.3) is 20.8 Å². The number of benzene rings is 1. The smallest absolute Gasteiger partial charge is 0.378 e. The van der Waals surface area contributed by atoms with Crippen LogP contribution in [-0.4, -0.2) is 47.5 Å². The monoisotopic (exact) mass is 509 g/mol. The molecular formula is C23H23F4N5O2S. The molecule has 7 nitrogen and oxygen atoms in total. The minimum absolute atomic E-state index is 0.0401. The van der Waals surface area contributed by atoms with E-state index in [0.29, 0.717) is 35.2 Å². The fourth-order valence-corrected chi connectivity index (χ4v) is 6.29. The van der Waals surface area contributed by atoms with Crippen molar-refractivity contribution in [3.05, 3.63) is 29.7 Å². The lowest BCUT2D eigenvalue weighted by molar-refractivity contribution is -0.127. The fourth-order valence-electron chi connectivity index (χ4n) is 5.07. The Labute approximate surface area is 201 Å². The number of piperidine rings is 1. The number of alkyl halides is 4. The molecule has 1 amide bonds. The summed E-state index contributed by atoms with van der Waals surface area (Å²) in [6.07, 6.45) is -3.97. The van der Waals surface area contributed by atoms with Gasteiger partial charge < -0.3 is 20.5 Å². The molecule has 3 aromatic rings. The van der Waals surface area contributed by atoms with E-state index >= 15 is 0 Å². The molecule has 6 rings (SSSR count). The van der Waals surface area contributed by atoms with Crippen LogP contribution in [0, 0.1) is 5.41 Å². The zero-order valence-corrected chi connectivity index (χ0v) is 19.4. The van der Waals surface area contributed by atoms with Gasteiger partial charge in [-0.1, -0.05) is 17.3 Å². The standard InChI is InChI=1S/C23H23F4N5O2S/c24-13-10-28-7-4-14(13)29-15-3-1-2-11-12(8-23(25,26)27)18(35-17(11)15)19-31-20(34-32-19)16-9-22(5-6-22)21(33)30-16/h1-3,13-14,16,28-29H,4-10H2,(H,30,33)/t13-,14+,16-/m0/s1. The largest absolute Gasteiger partial charge is 0.393 e. The third-order valence-electron chi connectivity index (χ3n) is 7.12. The van der Waals surface area contributed by atoms with Gasteiger partial charge in [-0.05, 0) is 49.2 Å². The van der Waals surface area contributed by atoms with E-state index < -0.39 is 30.9 Å². The average molecular weight is 510 g/mol. The molecule has 3 aliphatic rings. The second-order valence-corrected chi connectivity index (χ2v) is 10.6. The van der Waals surface area contributed by atoms with Crippen molar-refractivity contribution >= 4 is 33.0 Å². The zero-order valence-electron chi connectivity index (χ0n) is 18.5. The molecule has 2 aromatic heterocycles. The second kappa shape index (κ2) is 8.16. The van der Waals surface area contributed by atoms with Crippen LogP contribution < -0.4 is 16.0 Å². The summed E-state index contributed by atoms with van der Waals surface area (Å²) in [5, 5.41) is 13.5. The molecule has 1 saturated carbocycles. The highest BCUT2D eigenvalue weighted by molar-refractivity contribution is 7.23. The van der Waals surface area contributed by atoms with Crippen molar-refractivity contribution in [1.82, 2.24) is 20.8 Å². The van der Waals surface area contributed by atoms with Crippen LogP contribution in [0.4, 0.5) is 23.2 Å². The van der Waals surface area contributed by atoms with Gasteiger partial charge in [-0.3, -0.25) is 4.79 Å². The maximum Gasteiger partial charge on any atom is 0.393 e. The Morgan fingerprint density at radius 2 is 2.11 bits per heavy atom. The van der Waals surface area contributed by atoms with Gasteiger partial charge in [0.15, 0.2) is 0 Å². The molecule has 0 unspecified atom stereocenters. The average Bonchev–Trinajstić information content (AvgIpc) is 3.12. The van der Waals surface area contributed by atoms with Gasteiger partial charge in [0, 0.05) is 6.54 Å². The number of hydrogen-bond donors (Lipinski definition) is 3. The third-order valence-corrected chi connectivity index (χ3v) is 8.40. The molecule has 1 aromatic carbocycles. The van der Waals surface area contributed by atoms with Crippen LogP contribution in [0.1, 0.15) is 43.2 Å². The number of carbonyl (C=O) groups excluding carboxylic acids is 1. The molecule has 0 bridgehead atoms. The molecule has 3 atom stereocenters. The Hall–Kier alpha value is -2.73. The maximum atomic E-state index is 14.4. The van der Waals surface area contributed by atoms with Crippen LogP contribution in [0.2, 0.25) is 0 Å². The molecule has 3 N–H and O–H groups in total. The van der Waals surface area contributed by atoms with Crippen molar-refractivity contribution in [3.8, 4) is 10.7 Å². The fraction of sp³-hybridized carbons (Fsp3) is 0.522. The first kappa shape index (κ1) is 22.7. The van der Waals surface area contributed by atoms with E-state index in [1.165, 1.54) is 0 Å². The second-order valence-electron chi connectivity index (χ2n) is 9.61. The number of nitrogens with one attached hydrogen (secondary N) is 3. The SMILES string of the molecule is O=C1N[C@H](c2nc(-c3sc4c(N[C@@H]5CCNC[C@@H]5F)cccc4c3CC(F)(F)F)no2)CC12CC2. The number of aromatic nitrogens is 2. The van der Waals surface area contributed by atoms with Crippen LogP contribution in [0.15, 0.2) is 22.7 Å². The summed E-state index contributed by atoms with van der Waals surface area (Å²) in [5.41, 5.74) is 0.283. The summed E-state index contributed by atoms with van der Waals surface area (Å²) < 4.78 is 61.1. The van der Waals surface area contributed by atoms with Gasteiger partial charge in [0.05, 0.1) is 33.1 Å². The summed E-state index contributed by atoms with van der Waals surface area (Å²) in [6.45, 7) is 0.890. The zero-order chi connectivity index (χ0) is 24.4. The van der Waals surface area contributed by atoms with Gasteiger partial charge >= 0.3 is 6.18 Å². The Morgan fingerprint density at radius 3 is 2.83 bits per heavy atom. The summed E-state index contributed by atoms with van der Waals surface area (Å²) in [6, 6.07) is 4.17. The summed E-state index contributed by atoms with van der Waals surface area (Å²) in [5.74, 6) is 0.213. The van der Waals surface area contributed by atoms with Gasteiger partial charge in [-0.25, -0.2) is 4.39 Å². The van der Waals surface area contributed by atoms with E-state index in [1.54, 1.807) is 18.2 Å². The van der Waals surface area contributed by atoms with Crippen molar-refractivity contribution in [1.29, 1.82) is 0 Å². The summed E-state index contributed by atoms with van der Waals surface area (Å²) in [7, 11) is 0. The molecule has 2 saturated heterocycles. The van der Waals surface area contributed by atoms with Crippen molar-refractivity contribution in [2.45, 2.75) is 56.5 Å². The van der Waals surface area contributed by atoms with Crippen LogP contribution in [0.5, 0.6) is 0 Å². The molecule has 1 aliphatic carbocycles. The Kier molecular flexibility index (Phi) is 5.29. The highest BCUT2D eigenvalue weighted by Crippen LogP contribution is 2.55. The number of thiophene rings is 1. The molecule has 186 valence electrons. The number of nitrogens with zero attached hydrogens (tertiary/aromatic N) is 2. The Bertz CT molecular complexity index is 1280. The van der Waals surface area contributed by atoms with Gasteiger partial charge in [-0.2, -0.15) is 18.2 Å². The first-order valence-electron chi connectivity index (χ1n) is 11.6. The Morgan fingerprint density at radius 1 is 1.29 bits per heavy atom. The first-order chi connectivity index (χ1) is 16.7. The van der Waals surface area contributed by atoms with Crippen molar-refractivity contribution < 1.29 is 26.9 Å². The predicted octanol–water partition coefficient (Wildman–Crippen LogP) is 4.51. The molecule has 2 aliphatic heterocycles. The van der Waals surface area contributed by atoms with Crippen molar-refractivity contribution in [3.63, 3.8) is 0 Å². The molecule has 1 spiro atoms. The highest BCUT2D eigenvalue weighted by Gasteiger charge is 2.57. The number of carbonyl (C=O) groups is 1. The minimum atomic E-state index is -4.45. The maximum absolute atomic E-state index is 14.4. The lowest BCUT2D eigenvalue weighted by Crippen LogP contribution is -2.45. The predicted molar refractivity (Wildman–Crippen MR) is 122 cm³/mol. The lowest BCUT2D eigenvalue weighted by Gasteiger charge is -2.28. The van der Waals surface area contributed by atoms with E-state index in [-0.39, 0.29) is 40.0 Å². The van der Waals surface area contributed by atoms with Crippen molar-refractivity contribution in [2.24, 2.45) is 5.41 Å². The number of fused-ring (bicyclic) bond motifs is 1. The molecule has 0 radical (unpaired) electrons. The first-order valence-corrected chi connectivity index (χ1v) is 12.4. The normalized spacial score (nSPS) is 25.8. The summed E-state index contributed by atoms with van der Waals surface area (Å²) >= 11 is 1.13. The molecule has 4 heterocycles. The van der Waals surface area contributed by atoms with Crippen LogP contribution in [-0.2, 0) is 11.2 Å². The van der Waals surface area contributed by atoms with E-state index in [9.17, 15) is 22.4 Å². The quantitative estimate of drug-likeness (QED) is 0.439.